The number of carbonyl (C=O) groups is 3. The molecule has 0 radical (unpaired) electrons. The molecule has 7 nitrogen and oxygen atoms in total. The Morgan fingerprint density at radius 2 is 1.33 bits per heavy atom. The number of anilines is 2. The third-order valence-corrected chi connectivity index (χ3v) is 6.38. The van der Waals surface area contributed by atoms with Crippen molar-refractivity contribution >= 4 is 29.2 Å². The molecular weight excluding hydrogens is 456 g/mol. The molecule has 7 heteroatoms. The largest absolute Gasteiger partial charge is 0.480 e. The zero-order chi connectivity index (χ0) is 26.4. The Hall–Kier alpha value is -2.57. The molecule has 2 N–H and O–H groups in total. The van der Waals surface area contributed by atoms with Crippen molar-refractivity contribution in [3.8, 4) is 0 Å². The summed E-state index contributed by atoms with van der Waals surface area (Å²) in [6.45, 7) is 1.74. The highest BCUT2D eigenvalue weighted by molar-refractivity contribution is 5.91. The fourth-order valence-corrected chi connectivity index (χ4v) is 4.28. The fourth-order valence-electron chi connectivity index (χ4n) is 4.28. The molecule has 0 aromatic heterocycles. The van der Waals surface area contributed by atoms with E-state index >= 15 is 0 Å². The van der Waals surface area contributed by atoms with Crippen LogP contribution in [0.15, 0.2) is 24.3 Å². The predicted molar refractivity (Wildman–Crippen MR) is 146 cm³/mol. The van der Waals surface area contributed by atoms with E-state index in [0.717, 1.165) is 19.3 Å². The summed E-state index contributed by atoms with van der Waals surface area (Å²) < 4.78 is 4.65. The number of carboxylic acid groups (broad SMARTS) is 1. The van der Waals surface area contributed by atoms with Gasteiger partial charge >= 0.3 is 11.9 Å². The van der Waals surface area contributed by atoms with Crippen LogP contribution in [0.1, 0.15) is 110 Å². The second-order valence-corrected chi connectivity index (χ2v) is 9.62. The van der Waals surface area contributed by atoms with Crippen LogP contribution in [0.3, 0.4) is 0 Å². The van der Waals surface area contributed by atoms with E-state index in [4.69, 9.17) is 5.11 Å². The summed E-state index contributed by atoms with van der Waals surface area (Å²) in [6, 6.07) is 6.86. The van der Waals surface area contributed by atoms with Crippen LogP contribution in [0.5, 0.6) is 0 Å². The van der Waals surface area contributed by atoms with E-state index in [1.807, 2.05) is 0 Å². The molecule has 0 saturated heterocycles. The number of aliphatic carboxylic acids is 1. The number of benzene rings is 1. The molecule has 0 aliphatic rings. The van der Waals surface area contributed by atoms with Gasteiger partial charge in [0.05, 0.1) is 7.11 Å². The summed E-state index contributed by atoms with van der Waals surface area (Å²) >= 11 is 0. The maximum Gasteiger partial charge on any atom is 0.325 e. The first-order chi connectivity index (χ1) is 17.5. The number of nitrogens with one attached hydrogen (secondary N) is 1. The van der Waals surface area contributed by atoms with Crippen molar-refractivity contribution in [2.24, 2.45) is 0 Å². The number of amides is 1. The lowest BCUT2D eigenvalue weighted by Crippen LogP contribution is -2.35. The van der Waals surface area contributed by atoms with E-state index in [1.165, 1.54) is 89.1 Å². The molecule has 0 saturated carbocycles. The minimum absolute atomic E-state index is 0.0559. The number of esters is 1. The number of hydrogen-bond acceptors (Lipinski definition) is 5. The van der Waals surface area contributed by atoms with Crippen molar-refractivity contribution < 1.29 is 24.2 Å². The van der Waals surface area contributed by atoms with E-state index in [2.05, 4.69) is 17.0 Å². The SMILES string of the molecule is CCCCCCCCCCCCCCCCCC(=O)Nc1cccc(N(CC(=O)O)CC(=O)OC)c1. The first kappa shape index (κ1) is 31.5. The average Bonchev–Trinajstić information content (AvgIpc) is 2.85. The zero-order valence-electron chi connectivity index (χ0n) is 22.6. The van der Waals surface area contributed by atoms with Gasteiger partial charge < -0.3 is 20.1 Å². The van der Waals surface area contributed by atoms with Crippen molar-refractivity contribution in [1.82, 2.24) is 0 Å². The summed E-state index contributed by atoms with van der Waals surface area (Å²) in [5.74, 6) is -1.64. The minimum Gasteiger partial charge on any atom is -0.480 e. The molecule has 0 heterocycles. The average molecular weight is 505 g/mol. The highest BCUT2D eigenvalue weighted by atomic mass is 16.5. The maximum absolute atomic E-state index is 12.3. The fraction of sp³-hybridized carbons (Fsp3) is 0.690. The standard InChI is InChI=1S/C29H48N2O5/c1-3-4-5-6-7-8-9-10-11-12-13-14-15-16-17-21-27(32)30-25-19-18-20-26(22-25)31(23-28(33)34)24-29(35)36-2/h18-20,22H,3-17,21,23-24H2,1-2H3,(H,30,32)(H,33,34). The molecule has 0 fully saturated rings. The first-order valence-corrected chi connectivity index (χ1v) is 13.9. The second-order valence-electron chi connectivity index (χ2n) is 9.62. The van der Waals surface area contributed by atoms with Gasteiger partial charge in [-0.25, -0.2) is 0 Å². The van der Waals surface area contributed by atoms with Gasteiger partial charge in [-0.3, -0.25) is 14.4 Å². The normalized spacial score (nSPS) is 10.7. The zero-order valence-corrected chi connectivity index (χ0v) is 22.6. The number of carbonyl (C=O) groups excluding carboxylic acids is 2. The lowest BCUT2D eigenvalue weighted by molar-refractivity contribution is -0.139. The number of ether oxygens (including phenoxy) is 1. The van der Waals surface area contributed by atoms with Gasteiger partial charge in [-0.05, 0) is 24.6 Å². The lowest BCUT2D eigenvalue weighted by atomic mass is 10.0. The molecule has 0 aliphatic carbocycles. The van der Waals surface area contributed by atoms with E-state index in [0.29, 0.717) is 17.8 Å². The number of methoxy groups -OCH3 is 1. The molecular formula is C29H48N2O5. The van der Waals surface area contributed by atoms with Crippen LogP contribution < -0.4 is 10.2 Å². The summed E-state index contributed by atoms with van der Waals surface area (Å²) in [6.07, 6.45) is 19.8. The highest BCUT2D eigenvalue weighted by Gasteiger charge is 2.16. The molecule has 0 unspecified atom stereocenters. The minimum atomic E-state index is -1.05. The van der Waals surface area contributed by atoms with Crippen molar-refractivity contribution in [2.45, 2.75) is 110 Å². The smallest absolute Gasteiger partial charge is 0.325 e. The lowest BCUT2D eigenvalue weighted by Gasteiger charge is -2.22. The molecule has 0 atom stereocenters. The molecule has 36 heavy (non-hydrogen) atoms. The Balaban J connectivity index is 2.17. The van der Waals surface area contributed by atoms with Gasteiger partial charge in [-0.1, -0.05) is 103 Å². The molecule has 0 bridgehead atoms. The van der Waals surface area contributed by atoms with Gasteiger partial charge in [-0.2, -0.15) is 0 Å². The Kier molecular flexibility index (Phi) is 18.0. The van der Waals surface area contributed by atoms with Crippen LogP contribution in [0.4, 0.5) is 11.4 Å². The van der Waals surface area contributed by atoms with Gasteiger partial charge in [0.15, 0.2) is 0 Å². The second kappa shape index (κ2) is 20.6. The molecule has 204 valence electrons. The van der Waals surface area contributed by atoms with Gasteiger partial charge in [-0.15, -0.1) is 0 Å². The summed E-state index contributed by atoms with van der Waals surface area (Å²) in [5, 5.41) is 12.0. The van der Waals surface area contributed by atoms with E-state index in [-0.39, 0.29) is 19.0 Å². The van der Waals surface area contributed by atoms with E-state index in [1.54, 1.807) is 24.3 Å². The van der Waals surface area contributed by atoms with Crippen LogP contribution in [0, 0.1) is 0 Å². The van der Waals surface area contributed by atoms with Crippen LogP contribution in [0.25, 0.3) is 0 Å². The highest BCUT2D eigenvalue weighted by Crippen LogP contribution is 2.20. The topological polar surface area (TPSA) is 95.9 Å². The molecule has 0 spiro atoms. The van der Waals surface area contributed by atoms with E-state index < -0.39 is 11.9 Å². The quantitative estimate of drug-likeness (QED) is 0.131. The van der Waals surface area contributed by atoms with Crippen molar-refractivity contribution in [3.05, 3.63) is 24.3 Å². The number of nitrogens with zero attached hydrogens (tertiary/aromatic N) is 1. The van der Waals surface area contributed by atoms with Crippen LogP contribution in [-0.4, -0.2) is 43.2 Å². The third kappa shape index (κ3) is 16.2. The van der Waals surface area contributed by atoms with Crippen molar-refractivity contribution in [3.63, 3.8) is 0 Å². The molecule has 1 rings (SSSR count). The Morgan fingerprint density at radius 1 is 0.806 bits per heavy atom. The van der Waals surface area contributed by atoms with Gasteiger partial charge in [0.2, 0.25) is 5.91 Å². The van der Waals surface area contributed by atoms with Crippen molar-refractivity contribution in [2.75, 3.05) is 30.4 Å². The van der Waals surface area contributed by atoms with Crippen LogP contribution >= 0.6 is 0 Å². The first-order valence-electron chi connectivity index (χ1n) is 13.9. The monoisotopic (exact) mass is 504 g/mol. The molecule has 0 aliphatic heterocycles. The number of rotatable bonds is 22. The van der Waals surface area contributed by atoms with Gasteiger partial charge in [0, 0.05) is 17.8 Å². The summed E-state index contributed by atoms with van der Waals surface area (Å²) in [5.41, 5.74) is 1.12. The van der Waals surface area contributed by atoms with E-state index in [9.17, 15) is 14.4 Å². The molecule has 1 aromatic carbocycles. The third-order valence-electron chi connectivity index (χ3n) is 6.38. The molecule has 1 aromatic rings. The van der Waals surface area contributed by atoms with Gasteiger partial charge in [0.1, 0.15) is 13.1 Å². The van der Waals surface area contributed by atoms with Crippen molar-refractivity contribution in [1.29, 1.82) is 0 Å². The maximum atomic E-state index is 12.3. The molecule has 1 amide bonds. The van der Waals surface area contributed by atoms with Crippen LogP contribution in [-0.2, 0) is 19.1 Å². The number of hydrogen-bond donors (Lipinski definition) is 2. The Bertz CT molecular complexity index is 753. The Morgan fingerprint density at radius 3 is 1.83 bits per heavy atom. The Labute approximate surface area is 218 Å². The van der Waals surface area contributed by atoms with Crippen LogP contribution in [0.2, 0.25) is 0 Å². The number of unbranched alkanes of at least 4 members (excludes halogenated alkanes) is 14. The number of carboxylic acids is 1. The predicted octanol–water partition coefficient (Wildman–Crippen LogP) is 6.95. The van der Waals surface area contributed by atoms with Gasteiger partial charge in [0.25, 0.3) is 0 Å². The summed E-state index contributed by atoms with van der Waals surface area (Å²) in [4.78, 5) is 36.5. The summed E-state index contributed by atoms with van der Waals surface area (Å²) in [7, 11) is 1.26.